The molecular weight excluding hydrogens is 266 g/mol. The Balaban J connectivity index is 2.03. The van der Waals surface area contributed by atoms with Gasteiger partial charge in [0.1, 0.15) is 5.82 Å². The van der Waals surface area contributed by atoms with Crippen molar-refractivity contribution < 1.29 is 4.74 Å². The lowest BCUT2D eigenvalue weighted by atomic mass is 10.1. The van der Waals surface area contributed by atoms with Gasteiger partial charge in [-0.25, -0.2) is 0 Å². The minimum atomic E-state index is 0.0430. The van der Waals surface area contributed by atoms with Crippen molar-refractivity contribution in [1.82, 2.24) is 15.0 Å². The predicted molar refractivity (Wildman–Crippen MR) is 83.2 cm³/mol. The van der Waals surface area contributed by atoms with Crippen LogP contribution >= 0.6 is 0 Å². The van der Waals surface area contributed by atoms with Crippen LogP contribution in [0.4, 0.5) is 11.8 Å². The van der Waals surface area contributed by atoms with Crippen molar-refractivity contribution in [1.29, 1.82) is 0 Å². The fourth-order valence-corrected chi connectivity index (χ4v) is 1.99. The summed E-state index contributed by atoms with van der Waals surface area (Å²) in [6.45, 7) is 5.97. The van der Waals surface area contributed by atoms with E-state index < -0.39 is 0 Å². The third kappa shape index (κ3) is 4.91. The van der Waals surface area contributed by atoms with Crippen LogP contribution in [0.3, 0.4) is 0 Å². The van der Waals surface area contributed by atoms with Crippen molar-refractivity contribution in [2.45, 2.75) is 39.3 Å². The highest BCUT2D eigenvalue weighted by Gasteiger charge is 2.09. The van der Waals surface area contributed by atoms with Crippen LogP contribution in [0.15, 0.2) is 30.6 Å². The molecule has 3 N–H and O–H groups in total. The average Bonchev–Trinajstić information content (AvgIpc) is 2.37. The highest BCUT2D eigenvalue weighted by atomic mass is 16.5. The molecule has 21 heavy (non-hydrogen) atoms. The van der Waals surface area contributed by atoms with Crippen molar-refractivity contribution in [3.8, 4) is 5.88 Å². The van der Waals surface area contributed by atoms with Gasteiger partial charge in [0.2, 0.25) is 11.8 Å². The topological polar surface area (TPSA) is 86.0 Å². The van der Waals surface area contributed by atoms with E-state index in [1.54, 1.807) is 18.5 Å². The summed E-state index contributed by atoms with van der Waals surface area (Å²) in [6, 6.07) is 5.97. The molecule has 0 spiro atoms. The number of hydrogen-bond acceptors (Lipinski definition) is 6. The zero-order valence-electron chi connectivity index (χ0n) is 12.6. The van der Waals surface area contributed by atoms with E-state index in [1.165, 1.54) is 5.56 Å². The fourth-order valence-electron chi connectivity index (χ4n) is 1.99. The van der Waals surface area contributed by atoms with E-state index in [1.807, 2.05) is 26.0 Å². The smallest absolute Gasteiger partial charge is 0.225 e. The number of ether oxygens (including phenoxy) is 1. The number of nitrogen functional groups attached to an aromatic ring is 1. The van der Waals surface area contributed by atoms with Gasteiger partial charge in [-0.3, -0.25) is 4.98 Å². The number of nitrogens with two attached hydrogens (primary N) is 1. The molecule has 2 aromatic rings. The van der Waals surface area contributed by atoms with Crippen molar-refractivity contribution in [2.75, 3.05) is 11.1 Å². The Bertz CT molecular complexity index is 574. The normalized spacial score (nSPS) is 12.2. The van der Waals surface area contributed by atoms with E-state index in [4.69, 9.17) is 10.5 Å². The van der Waals surface area contributed by atoms with Gasteiger partial charge in [0.15, 0.2) is 0 Å². The van der Waals surface area contributed by atoms with Crippen LogP contribution in [-0.4, -0.2) is 27.1 Å². The summed E-state index contributed by atoms with van der Waals surface area (Å²) in [7, 11) is 0. The summed E-state index contributed by atoms with van der Waals surface area (Å²) in [5.41, 5.74) is 6.93. The molecule has 2 aromatic heterocycles. The van der Waals surface area contributed by atoms with Crippen LogP contribution in [0.1, 0.15) is 26.3 Å². The first-order valence-corrected chi connectivity index (χ1v) is 6.99. The molecule has 0 bridgehead atoms. The third-order valence-corrected chi connectivity index (χ3v) is 2.76. The van der Waals surface area contributed by atoms with Gasteiger partial charge < -0.3 is 15.8 Å². The van der Waals surface area contributed by atoms with Crippen LogP contribution in [0.25, 0.3) is 0 Å². The van der Waals surface area contributed by atoms with Crippen LogP contribution in [0.2, 0.25) is 0 Å². The summed E-state index contributed by atoms with van der Waals surface area (Å²) >= 11 is 0. The van der Waals surface area contributed by atoms with E-state index in [0.717, 1.165) is 6.42 Å². The van der Waals surface area contributed by atoms with E-state index in [9.17, 15) is 0 Å². The molecule has 0 fully saturated rings. The average molecular weight is 287 g/mol. The van der Waals surface area contributed by atoms with Crippen molar-refractivity contribution >= 4 is 11.8 Å². The van der Waals surface area contributed by atoms with Gasteiger partial charge in [0.25, 0.3) is 0 Å². The van der Waals surface area contributed by atoms with Gasteiger partial charge in [-0.2, -0.15) is 9.97 Å². The first-order chi connectivity index (χ1) is 10.0. The molecule has 0 aliphatic heterocycles. The molecule has 112 valence electrons. The zero-order valence-corrected chi connectivity index (χ0v) is 12.6. The van der Waals surface area contributed by atoms with Crippen LogP contribution in [0, 0.1) is 0 Å². The van der Waals surface area contributed by atoms with Crippen molar-refractivity contribution in [2.24, 2.45) is 0 Å². The number of pyridine rings is 1. The lowest BCUT2D eigenvalue weighted by molar-refractivity contribution is 0.233. The molecule has 2 rings (SSSR count). The SMILES string of the molecule is CC(Cc1ccncc1)Nc1cc(OC(C)C)nc(N)n1. The second-order valence-electron chi connectivity index (χ2n) is 5.22. The molecular formula is C15H21N5O. The molecule has 1 unspecified atom stereocenters. The Morgan fingerprint density at radius 2 is 1.90 bits per heavy atom. The van der Waals surface area contributed by atoms with E-state index in [-0.39, 0.29) is 18.1 Å². The first kappa shape index (κ1) is 15.0. The second kappa shape index (κ2) is 6.88. The summed E-state index contributed by atoms with van der Waals surface area (Å²) in [5.74, 6) is 1.35. The maximum Gasteiger partial charge on any atom is 0.225 e. The summed E-state index contributed by atoms with van der Waals surface area (Å²) in [6.07, 6.45) is 4.49. The Morgan fingerprint density at radius 3 is 2.57 bits per heavy atom. The molecule has 0 aliphatic carbocycles. The summed E-state index contributed by atoms with van der Waals surface area (Å²) in [5, 5.41) is 3.31. The third-order valence-electron chi connectivity index (χ3n) is 2.76. The Hall–Kier alpha value is -2.37. The van der Waals surface area contributed by atoms with Gasteiger partial charge in [-0.15, -0.1) is 0 Å². The summed E-state index contributed by atoms with van der Waals surface area (Å²) in [4.78, 5) is 12.3. The standard InChI is InChI=1S/C15H21N5O/c1-10(2)21-14-9-13(19-15(16)20-14)18-11(3)8-12-4-6-17-7-5-12/h4-7,9-11H,8H2,1-3H3,(H3,16,18,19,20). The number of nitrogens with zero attached hydrogens (tertiary/aromatic N) is 3. The van der Waals surface area contributed by atoms with Gasteiger partial charge >= 0.3 is 0 Å². The maximum atomic E-state index is 5.71. The molecule has 0 radical (unpaired) electrons. The quantitative estimate of drug-likeness (QED) is 0.847. The molecule has 0 amide bonds. The number of anilines is 2. The molecule has 0 aromatic carbocycles. The van der Waals surface area contributed by atoms with Crippen molar-refractivity contribution in [3.05, 3.63) is 36.2 Å². The molecule has 6 nitrogen and oxygen atoms in total. The number of hydrogen-bond donors (Lipinski definition) is 2. The lowest BCUT2D eigenvalue weighted by Crippen LogP contribution is -2.19. The van der Waals surface area contributed by atoms with Gasteiger partial charge in [0.05, 0.1) is 6.10 Å². The molecule has 2 heterocycles. The highest BCUT2D eigenvalue weighted by Crippen LogP contribution is 2.17. The number of rotatable bonds is 6. The lowest BCUT2D eigenvalue weighted by Gasteiger charge is -2.16. The molecule has 6 heteroatoms. The number of aromatic nitrogens is 3. The minimum Gasteiger partial charge on any atom is -0.475 e. The largest absolute Gasteiger partial charge is 0.475 e. The Labute approximate surface area is 124 Å². The van der Waals surface area contributed by atoms with E-state index >= 15 is 0 Å². The molecule has 0 saturated heterocycles. The predicted octanol–water partition coefficient (Wildman–Crippen LogP) is 2.28. The van der Waals surface area contributed by atoms with Crippen LogP contribution in [0.5, 0.6) is 5.88 Å². The van der Waals surface area contributed by atoms with Gasteiger partial charge in [-0.1, -0.05) is 0 Å². The maximum absolute atomic E-state index is 5.71. The van der Waals surface area contributed by atoms with Gasteiger partial charge in [0, 0.05) is 24.5 Å². The van der Waals surface area contributed by atoms with E-state index in [2.05, 4.69) is 27.2 Å². The van der Waals surface area contributed by atoms with Crippen LogP contribution in [-0.2, 0) is 6.42 Å². The Morgan fingerprint density at radius 1 is 1.19 bits per heavy atom. The summed E-state index contributed by atoms with van der Waals surface area (Å²) < 4.78 is 5.56. The Kier molecular flexibility index (Phi) is 4.92. The molecule has 0 saturated carbocycles. The van der Waals surface area contributed by atoms with Gasteiger partial charge in [-0.05, 0) is 44.9 Å². The van der Waals surface area contributed by atoms with Crippen LogP contribution < -0.4 is 15.8 Å². The molecule has 1 atom stereocenters. The minimum absolute atomic E-state index is 0.0430. The van der Waals surface area contributed by atoms with E-state index in [0.29, 0.717) is 11.7 Å². The highest BCUT2D eigenvalue weighted by molar-refractivity contribution is 5.43. The zero-order chi connectivity index (χ0) is 15.2. The number of nitrogens with one attached hydrogen (secondary N) is 1. The second-order valence-corrected chi connectivity index (χ2v) is 5.22. The monoisotopic (exact) mass is 287 g/mol. The fraction of sp³-hybridized carbons (Fsp3) is 0.400. The first-order valence-electron chi connectivity index (χ1n) is 6.99. The molecule has 0 aliphatic rings. The van der Waals surface area contributed by atoms with Crippen molar-refractivity contribution in [3.63, 3.8) is 0 Å².